The van der Waals surface area contributed by atoms with Crippen LogP contribution in [0.4, 0.5) is 0 Å². The van der Waals surface area contributed by atoms with Gasteiger partial charge in [-0.05, 0) is 55.6 Å². The van der Waals surface area contributed by atoms with E-state index in [2.05, 4.69) is 22.5 Å². The molecular weight excluding hydrogens is 336 g/mol. The van der Waals surface area contributed by atoms with Crippen molar-refractivity contribution in [3.8, 4) is 11.3 Å². The Kier molecular flexibility index (Phi) is 4.86. The second kappa shape index (κ2) is 7.45. The normalized spacial score (nSPS) is 16.2. The predicted octanol–water partition coefficient (Wildman–Crippen LogP) is 3.42. The summed E-state index contributed by atoms with van der Waals surface area (Å²) in [7, 11) is 0. The number of carbonyl (C=O) groups excluding carboxylic acids is 1. The van der Waals surface area contributed by atoms with Crippen LogP contribution < -0.4 is 10.6 Å². The molecule has 1 fully saturated rings. The molecule has 1 amide bonds. The van der Waals surface area contributed by atoms with Crippen molar-refractivity contribution in [3.05, 3.63) is 60.4 Å². The Morgan fingerprint density at radius 3 is 2.78 bits per heavy atom. The summed E-state index contributed by atoms with van der Waals surface area (Å²) in [4.78, 5) is 22.0. The van der Waals surface area contributed by atoms with Gasteiger partial charge in [-0.1, -0.05) is 25.1 Å². The van der Waals surface area contributed by atoms with Gasteiger partial charge in [0.05, 0.1) is 16.8 Å². The molecule has 5 nitrogen and oxygen atoms in total. The Morgan fingerprint density at radius 1 is 1.19 bits per heavy atom. The van der Waals surface area contributed by atoms with E-state index in [1.54, 1.807) is 12.4 Å². The number of benzene rings is 1. The molecule has 3 heterocycles. The fraction of sp³-hybridized carbons (Fsp3) is 0.318. The number of pyridine rings is 2. The molecular formula is C22H24N4O. The summed E-state index contributed by atoms with van der Waals surface area (Å²) in [5.41, 5.74) is 3.30. The third-order valence-electron chi connectivity index (χ3n) is 5.40. The smallest absolute Gasteiger partial charge is 0.252 e. The first-order valence-corrected chi connectivity index (χ1v) is 9.44. The number of aromatic nitrogens is 2. The molecule has 1 saturated heterocycles. The molecule has 0 radical (unpaired) electrons. The molecule has 0 aliphatic carbocycles. The molecule has 27 heavy (non-hydrogen) atoms. The summed E-state index contributed by atoms with van der Waals surface area (Å²) in [5, 5.41) is 7.43. The summed E-state index contributed by atoms with van der Waals surface area (Å²) in [5.74, 6) is -0.0431. The molecule has 0 atom stereocenters. The summed E-state index contributed by atoms with van der Waals surface area (Å²) >= 11 is 0. The molecule has 1 aliphatic heterocycles. The number of para-hydroxylation sites is 1. The third kappa shape index (κ3) is 3.83. The van der Waals surface area contributed by atoms with Crippen molar-refractivity contribution in [2.75, 3.05) is 19.6 Å². The molecule has 0 spiro atoms. The Labute approximate surface area is 159 Å². The van der Waals surface area contributed by atoms with Crippen molar-refractivity contribution in [1.29, 1.82) is 0 Å². The van der Waals surface area contributed by atoms with Gasteiger partial charge in [0.25, 0.3) is 5.91 Å². The molecule has 2 N–H and O–H groups in total. The van der Waals surface area contributed by atoms with Gasteiger partial charge in [0, 0.05) is 29.9 Å². The van der Waals surface area contributed by atoms with Gasteiger partial charge in [-0.2, -0.15) is 0 Å². The second-order valence-electron chi connectivity index (χ2n) is 7.56. The fourth-order valence-electron chi connectivity index (χ4n) is 3.62. The maximum Gasteiger partial charge on any atom is 0.252 e. The molecule has 1 aromatic carbocycles. The molecule has 0 unspecified atom stereocenters. The quantitative estimate of drug-likeness (QED) is 0.748. The second-order valence-corrected chi connectivity index (χ2v) is 7.56. The van der Waals surface area contributed by atoms with Crippen molar-refractivity contribution in [3.63, 3.8) is 0 Å². The zero-order valence-electron chi connectivity index (χ0n) is 15.5. The van der Waals surface area contributed by atoms with Crippen LogP contribution in [0.15, 0.2) is 54.9 Å². The first kappa shape index (κ1) is 17.6. The number of hydrogen-bond donors (Lipinski definition) is 2. The van der Waals surface area contributed by atoms with Gasteiger partial charge < -0.3 is 10.6 Å². The monoisotopic (exact) mass is 360 g/mol. The number of amides is 1. The van der Waals surface area contributed by atoms with Gasteiger partial charge in [-0.25, -0.2) is 4.98 Å². The molecule has 2 aromatic heterocycles. The summed E-state index contributed by atoms with van der Waals surface area (Å²) in [6, 6.07) is 13.5. The Morgan fingerprint density at radius 2 is 2.00 bits per heavy atom. The van der Waals surface area contributed by atoms with Crippen molar-refractivity contribution in [2.24, 2.45) is 5.41 Å². The number of hydrogen-bond acceptors (Lipinski definition) is 4. The summed E-state index contributed by atoms with van der Waals surface area (Å²) in [6.45, 7) is 4.96. The van der Waals surface area contributed by atoms with E-state index in [0.29, 0.717) is 12.1 Å². The zero-order valence-corrected chi connectivity index (χ0v) is 15.5. The van der Waals surface area contributed by atoms with Crippen LogP contribution in [-0.4, -0.2) is 35.5 Å². The molecule has 1 aliphatic rings. The zero-order chi connectivity index (χ0) is 18.7. The van der Waals surface area contributed by atoms with Crippen LogP contribution in [0.5, 0.6) is 0 Å². The Balaban J connectivity index is 1.66. The van der Waals surface area contributed by atoms with Gasteiger partial charge >= 0.3 is 0 Å². The highest BCUT2D eigenvalue weighted by atomic mass is 16.1. The van der Waals surface area contributed by atoms with E-state index in [0.717, 1.165) is 48.1 Å². The minimum atomic E-state index is -0.0431. The molecule has 138 valence electrons. The lowest BCUT2D eigenvalue weighted by Crippen LogP contribution is -2.42. The fourth-order valence-corrected chi connectivity index (χ4v) is 3.62. The maximum atomic E-state index is 13.1. The van der Waals surface area contributed by atoms with E-state index in [9.17, 15) is 4.79 Å². The van der Waals surface area contributed by atoms with Gasteiger partial charge in [0.1, 0.15) is 0 Å². The Bertz CT molecular complexity index is 949. The minimum absolute atomic E-state index is 0.0431. The highest BCUT2D eigenvalue weighted by molar-refractivity contribution is 6.07. The van der Waals surface area contributed by atoms with E-state index in [1.165, 1.54) is 0 Å². The number of nitrogens with zero attached hydrogens (tertiary/aromatic N) is 2. The summed E-state index contributed by atoms with van der Waals surface area (Å²) in [6.07, 6.45) is 5.66. The van der Waals surface area contributed by atoms with E-state index in [1.807, 2.05) is 42.5 Å². The lowest BCUT2D eigenvalue weighted by Gasteiger charge is -2.34. The Hall–Kier alpha value is -2.79. The average Bonchev–Trinajstić information content (AvgIpc) is 2.72. The highest BCUT2D eigenvalue weighted by Crippen LogP contribution is 2.28. The van der Waals surface area contributed by atoms with Crippen LogP contribution in [0.1, 0.15) is 30.1 Å². The molecule has 3 aromatic rings. The van der Waals surface area contributed by atoms with E-state index >= 15 is 0 Å². The molecule has 0 bridgehead atoms. The first-order chi connectivity index (χ1) is 13.1. The van der Waals surface area contributed by atoms with Gasteiger partial charge in [0.2, 0.25) is 0 Å². The van der Waals surface area contributed by atoms with E-state index in [4.69, 9.17) is 4.98 Å². The first-order valence-electron chi connectivity index (χ1n) is 9.44. The van der Waals surface area contributed by atoms with Crippen molar-refractivity contribution in [1.82, 2.24) is 20.6 Å². The molecule has 0 saturated carbocycles. The van der Waals surface area contributed by atoms with Gasteiger partial charge in [-0.3, -0.25) is 9.78 Å². The van der Waals surface area contributed by atoms with Crippen LogP contribution in [0.2, 0.25) is 0 Å². The third-order valence-corrected chi connectivity index (χ3v) is 5.40. The van der Waals surface area contributed by atoms with Crippen LogP contribution in [0, 0.1) is 5.41 Å². The summed E-state index contributed by atoms with van der Waals surface area (Å²) < 4.78 is 0. The van der Waals surface area contributed by atoms with Crippen molar-refractivity contribution in [2.45, 2.75) is 19.8 Å². The number of nitrogens with one attached hydrogen (secondary N) is 2. The van der Waals surface area contributed by atoms with E-state index in [-0.39, 0.29) is 11.3 Å². The SMILES string of the molecule is CC1(CNC(=O)c2cc(-c3cccnc3)nc3ccccc23)CCNCC1. The van der Waals surface area contributed by atoms with Crippen LogP contribution in [-0.2, 0) is 0 Å². The van der Waals surface area contributed by atoms with Crippen LogP contribution in [0.3, 0.4) is 0 Å². The van der Waals surface area contributed by atoms with Crippen molar-refractivity contribution < 1.29 is 4.79 Å². The molecule has 5 heteroatoms. The average molecular weight is 360 g/mol. The maximum absolute atomic E-state index is 13.1. The minimum Gasteiger partial charge on any atom is -0.351 e. The highest BCUT2D eigenvalue weighted by Gasteiger charge is 2.27. The van der Waals surface area contributed by atoms with Gasteiger partial charge in [-0.15, -0.1) is 0 Å². The lowest BCUT2D eigenvalue weighted by atomic mass is 9.81. The largest absolute Gasteiger partial charge is 0.351 e. The number of piperidine rings is 1. The van der Waals surface area contributed by atoms with Crippen LogP contribution >= 0.6 is 0 Å². The van der Waals surface area contributed by atoms with E-state index < -0.39 is 0 Å². The predicted molar refractivity (Wildman–Crippen MR) is 108 cm³/mol. The van der Waals surface area contributed by atoms with Crippen LogP contribution in [0.25, 0.3) is 22.2 Å². The number of fused-ring (bicyclic) bond motifs is 1. The van der Waals surface area contributed by atoms with Crippen molar-refractivity contribution >= 4 is 16.8 Å². The van der Waals surface area contributed by atoms with Gasteiger partial charge in [0.15, 0.2) is 0 Å². The number of carbonyl (C=O) groups is 1. The lowest BCUT2D eigenvalue weighted by molar-refractivity contribution is 0.0924. The number of rotatable bonds is 4. The molecule has 4 rings (SSSR count). The standard InChI is InChI=1S/C22H24N4O/c1-22(8-11-23-12-9-22)15-25-21(27)18-13-20(16-5-4-10-24-14-16)26-19-7-3-2-6-17(18)19/h2-7,10,13-14,23H,8-9,11-12,15H2,1H3,(H,25,27). The topological polar surface area (TPSA) is 66.9 Å².